The van der Waals surface area contributed by atoms with Gasteiger partial charge in [-0.15, -0.1) is 0 Å². The number of carbonyl (C=O) groups excluding carboxylic acids is 2. The lowest BCUT2D eigenvalue weighted by Crippen LogP contribution is -2.52. The predicted molar refractivity (Wildman–Crippen MR) is 117 cm³/mol. The van der Waals surface area contributed by atoms with Crippen molar-refractivity contribution in [3.63, 3.8) is 0 Å². The minimum atomic E-state index is -2.90. The second-order valence-corrected chi connectivity index (χ2v) is 7.84. The molecule has 2 amide bonds. The van der Waals surface area contributed by atoms with Crippen molar-refractivity contribution in [3.8, 4) is 11.1 Å². The summed E-state index contributed by atoms with van der Waals surface area (Å²) >= 11 is 0. The molecule has 176 valence electrons. The third-order valence-electron chi connectivity index (χ3n) is 5.56. The van der Waals surface area contributed by atoms with Gasteiger partial charge < -0.3 is 20.5 Å². The molecule has 0 saturated carbocycles. The number of hydrogen-bond acceptors (Lipinski definition) is 4. The van der Waals surface area contributed by atoms with Gasteiger partial charge in [-0.05, 0) is 28.7 Å². The van der Waals surface area contributed by atoms with Gasteiger partial charge in [0.2, 0.25) is 12.3 Å². The zero-order valence-electron chi connectivity index (χ0n) is 18.1. The van der Waals surface area contributed by atoms with E-state index in [1.54, 1.807) is 6.92 Å². The van der Waals surface area contributed by atoms with Crippen LogP contribution in [0.3, 0.4) is 0 Å². The number of benzene rings is 2. The van der Waals surface area contributed by atoms with E-state index in [0.29, 0.717) is 6.42 Å². The molecule has 1 aliphatic rings. The quantitative estimate of drug-likeness (QED) is 0.499. The van der Waals surface area contributed by atoms with Crippen molar-refractivity contribution in [2.45, 2.75) is 50.6 Å². The highest BCUT2D eigenvalue weighted by Gasteiger charge is 2.31. The van der Waals surface area contributed by atoms with Gasteiger partial charge in [-0.3, -0.25) is 4.79 Å². The minimum absolute atomic E-state index is 0.0451. The average Bonchev–Trinajstić information content (AvgIpc) is 3.10. The van der Waals surface area contributed by atoms with Crippen molar-refractivity contribution in [1.82, 2.24) is 10.6 Å². The van der Waals surface area contributed by atoms with Gasteiger partial charge in [0.25, 0.3) is 0 Å². The molecule has 2 aromatic rings. The molecule has 0 radical (unpaired) electrons. The monoisotopic (exact) mass is 460 g/mol. The highest BCUT2D eigenvalue weighted by molar-refractivity contribution is 5.89. The number of hydrogen-bond donors (Lipinski definition) is 3. The Hall–Kier alpha value is -3.49. The lowest BCUT2D eigenvalue weighted by Gasteiger charge is -2.21. The topological polar surface area (TPSA) is 105 Å². The van der Waals surface area contributed by atoms with Gasteiger partial charge in [-0.1, -0.05) is 61.9 Å². The standard InChI is InChI=1S/C24H26F2N2O5/c1-2-7-19(22(29)27-20(23(30)31)12-21(25)26)28-24(32)33-13-18-16-10-5-3-8-14(16)15-9-4-6-11-17(15)18/h3-6,8-11,18-21H,2,7,12-13H2,1H3,(H,27,29)(H,28,32)(H,30,31)/t19-,20?/m0/s1. The fourth-order valence-corrected chi connectivity index (χ4v) is 4.01. The van der Waals surface area contributed by atoms with E-state index in [1.807, 2.05) is 48.5 Å². The fourth-order valence-electron chi connectivity index (χ4n) is 4.01. The van der Waals surface area contributed by atoms with E-state index in [-0.39, 0.29) is 18.9 Å². The molecule has 1 aliphatic carbocycles. The van der Waals surface area contributed by atoms with Gasteiger partial charge in [0.15, 0.2) is 0 Å². The number of ether oxygens (including phenoxy) is 1. The molecule has 9 heteroatoms. The van der Waals surface area contributed by atoms with E-state index >= 15 is 0 Å². The van der Waals surface area contributed by atoms with E-state index in [0.717, 1.165) is 22.3 Å². The lowest BCUT2D eigenvalue weighted by atomic mass is 9.98. The fraction of sp³-hybridized carbons (Fsp3) is 0.375. The Bertz CT molecular complexity index is 968. The molecule has 0 aliphatic heterocycles. The summed E-state index contributed by atoms with van der Waals surface area (Å²) in [6.07, 6.45) is -4.08. The first kappa shape index (κ1) is 24.2. The Labute approximate surface area is 190 Å². The van der Waals surface area contributed by atoms with Crippen LogP contribution in [-0.4, -0.2) is 48.2 Å². The summed E-state index contributed by atoms with van der Waals surface area (Å²) in [5.74, 6) is -2.58. The molecular formula is C24H26F2N2O5. The molecule has 3 rings (SSSR count). The molecule has 0 spiro atoms. The summed E-state index contributed by atoms with van der Waals surface area (Å²) in [4.78, 5) is 36.1. The minimum Gasteiger partial charge on any atom is -0.480 e. The van der Waals surface area contributed by atoms with E-state index in [1.165, 1.54) is 0 Å². The summed E-state index contributed by atoms with van der Waals surface area (Å²) in [7, 11) is 0. The van der Waals surface area contributed by atoms with Crippen molar-refractivity contribution in [1.29, 1.82) is 0 Å². The molecule has 33 heavy (non-hydrogen) atoms. The smallest absolute Gasteiger partial charge is 0.407 e. The molecule has 7 nitrogen and oxygen atoms in total. The lowest BCUT2D eigenvalue weighted by molar-refractivity contribution is -0.143. The number of nitrogens with one attached hydrogen (secondary N) is 2. The summed E-state index contributed by atoms with van der Waals surface area (Å²) in [5, 5.41) is 13.6. The number of halogens is 2. The maximum Gasteiger partial charge on any atom is 0.407 e. The third kappa shape index (κ3) is 5.85. The Morgan fingerprint density at radius 2 is 1.55 bits per heavy atom. The first-order valence-electron chi connectivity index (χ1n) is 10.7. The van der Waals surface area contributed by atoms with Crippen LogP contribution in [0.1, 0.15) is 43.2 Å². The van der Waals surface area contributed by atoms with E-state index < -0.39 is 42.9 Å². The summed E-state index contributed by atoms with van der Waals surface area (Å²) in [5.41, 5.74) is 4.21. The van der Waals surface area contributed by atoms with Crippen molar-refractivity contribution in [2.24, 2.45) is 0 Å². The maximum absolute atomic E-state index is 12.6. The summed E-state index contributed by atoms with van der Waals surface area (Å²) in [6.45, 7) is 1.82. The Balaban J connectivity index is 1.64. The number of carboxylic acid groups (broad SMARTS) is 1. The van der Waals surface area contributed by atoms with Crippen LogP contribution >= 0.6 is 0 Å². The summed E-state index contributed by atoms with van der Waals surface area (Å²) in [6, 6.07) is 12.8. The van der Waals surface area contributed by atoms with Crippen LogP contribution in [0.15, 0.2) is 48.5 Å². The maximum atomic E-state index is 12.6. The number of amides is 2. The molecule has 0 aromatic heterocycles. The Morgan fingerprint density at radius 1 is 0.970 bits per heavy atom. The van der Waals surface area contributed by atoms with E-state index in [2.05, 4.69) is 10.6 Å². The number of aliphatic carboxylic acids is 1. The number of rotatable bonds is 10. The number of carboxylic acids is 1. The number of alkyl halides is 2. The molecule has 0 bridgehead atoms. The highest BCUT2D eigenvalue weighted by Crippen LogP contribution is 2.44. The Morgan fingerprint density at radius 3 is 2.06 bits per heavy atom. The van der Waals surface area contributed by atoms with Crippen molar-refractivity contribution < 1.29 is 33.0 Å². The molecule has 0 heterocycles. The van der Waals surface area contributed by atoms with Crippen LogP contribution in [0.4, 0.5) is 13.6 Å². The van der Waals surface area contributed by atoms with Gasteiger partial charge >= 0.3 is 12.1 Å². The third-order valence-corrected chi connectivity index (χ3v) is 5.56. The van der Waals surface area contributed by atoms with Crippen LogP contribution in [0, 0.1) is 0 Å². The van der Waals surface area contributed by atoms with Crippen LogP contribution in [0.25, 0.3) is 11.1 Å². The van der Waals surface area contributed by atoms with Gasteiger partial charge in [-0.2, -0.15) is 0 Å². The Kier molecular flexibility index (Phi) is 7.97. The normalized spacial score (nSPS) is 14.2. The molecular weight excluding hydrogens is 434 g/mol. The average molecular weight is 460 g/mol. The van der Waals surface area contributed by atoms with Gasteiger partial charge in [0.1, 0.15) is 18.7 Å². The molecule has 2 atom stereocenters. The van der Waals surface area contributed by atoms with Crippen LogP contribution in [-0.2, 0) is 14.3 Å². The number of alkyl carbamates (subject to hydrolysis) is 1. The first-order chi connectivity index (χ1) is 15.8. The zero-order valence-corrected chi connectivity index (χ0v) is 18.1. The summed E-state index contributed by atoms with van der Waals surface area (Å²) < 4.78 is 30.6. The van der Waals surface area contributed by atoms with Gasteiger partial charge in [0, 0.05) is 12.3 Å². The molecule has 2 aromatic carbocycles. The second-order valence-electron chi connectivity index (χ2n) is 7.84. The van der Waals surface area contributed by atoms with Crippen molar-refractivity contribution in [2.75, 3.05) is 6.61 Å². The van der Waals surface area contributed by atoms with Crippen LogP contribution in [0.5, 0.6) is 0 Å². The predicted octanol–water partition coefficient (Wildman–Crippen LogP) is 3.92. The SMILES string of the molecule is CCC[C@H](NC(=O)OCC1c2ccccc2-c2ccccc21)C(=O)NC(CC(F)F)C(=O)O. The molecule has 3 N–H and O–H groups in total. The molecule has 0 fully saturated rings. The van der Waals surface area contributed by atoms with E-state index in [9.17, 15) is 23.2 Å². The van der Waals surface area contributed by atoms with Crippen LogP contribution < -0.4 is 10.6 Å². The number of fused-ring (bicyclic) bond motifs is 3. The number of carbonyl (C=O) groups is 3. The largest absolute Gasteiger partial charge is 0.480 e. The van der Waals surface area contributed by atoms with Gasteiger partial charge in [0.05, 0.1) is 0 Å². The van der Waals surface area contributed by atoms with Crippen molar-refractivity contribution >= 4 is 18.0 Å². The first-order valence-corrected chi connectivity index (χ1v) is 10.7. The van der Waals surface area contributed by atoms with Crippen molar-refractivity contribution in [3.05, 3.63) is 59.7 Å². The molecule has 0 saturated heterocycles. The highest BCUT2D eigenvalue weighted by atomic mass is 19.3. The second kappa shape index (κ2) is 10.9. The zero-order chi connectivity index (χ0) is 24.0. The van der Waals surface area contributed by atoms with Gasteiger partial charge in [-0.25, -0.2) is 18.4 Å². The van der Waals surface area contributed by atoms with E-state index in [4.69, 9.17) is 9.84 Å². The van der Waals surface area contributed by atoms with Crippen LogP contribution in [0.2, 0.25) is 0 Å². The molecule has 1 unspecified atom stereocenters.